The number of benzene rings is 2. The van der Waals surface area contributed by atoms with E-state index in [9.17, 15) is 4.79 Å². The number of rotatable bonds is 7. The lowest BCUT2D eigenvalue weighted by Crippen LogP contribution is -2.34. The largest absolute Gasteiger partial charge is 0.424 e. The van der Waals surface area contributed by atoms with E-state index >= 15 is 0 Å². The van der Waals surface area contributed by atoms with Crippen LogP contribution in [0.3, 0.4) is 0 Å². The molecule has 7 heteroatoms. The smallest absolute Gasteiger partial charge is 0.321 e. The average molecular weight is 442 g/mol. The summed E-state index contributed by atoms with van der Waals surface area (Å²) in [4.78, 5) is 20.3. The summed E-state index contributed by atoms with van der Waals surface area (Å²) in [6.45, 7) is 4.84. The van der Waals surface area contributed by atoms with Crippen molar-refractivity contribution in [1.29, 1.82) is 0 Å². The lowest BCUT2D eigenvalue weighted by Gasteiger charge is -2.13. The number of carbonyl (C=O) groups is 1. The molecule has 1 fully saturated rings. The van der Waals surface area contributed by atoms with Crippen molar-refractivity contribution < 1.29 is 9.53 Å². The van der Waals surface area contributed by atoms with Crippen LogP contribution in [0, 0.1) is 5.92 Å². The van der Waals surface area contributed by atoms with E-state index in [4.69, 9.17) is 4.74 Å². The van der Waals surface area contributed by atoms with Crippen LogP contribution in [0.1, 0.15) is 26.7 Å². The molecule has 2 aromatic carbocycles. The Hall–Kier alpha value is -3.87. The van der Waals surface area contributed by atoms with Gasteiger partial charge < -0.3 is 19.9 Å². The number of nitrogens with one attached hydrogen (secondary N) is 2. The third-order valence-corrected chi connectivity index (χ3v) is 5.62. The fourth-order valence-electron chi connectivity index (χ4n) is 3.89. The fraction of sp³-hybridized carbons (Fsp3) is 0.269. The molecule has 0 atom stereocenters. The van der Waals surface area contributed by atoms with Gasteiger partial charge in [0.15, 0.2) is 0 Å². The first-order chi connectivity index (χ1) is 16.0. The molecule has 0 saturated heterocycles. The predicted octanol–water partition coefficient (Wildman–Crippen LogP) is 5.83. The van der Waals surface area contributed by atoms with Gasteiger partial charge in [0.05, 0.1) is 5.52 Å². The monoisotopic (exact) mass is 441 g/mol. The summed E-state index contributed by atoms with van der Waals surface area (Å²) in [5, 5.41) is 6.88. The molecule has 1 aliphatic rings. The van der Waals surface area contributed by atoms with Crippen LogP contribution in [0.2, 0.25) is 0 Å². The molecule has 1 saturated carbocycles. The van der Waals surface area contributed by atoms with Gasteiger partial charge in [-0.2, -0.15) is 0 Å². The summed E-state index contributed by atoms with van der Waals surface area (Å²) in [6, 6.07) is 18.3. The van der Waals surface area contributed by atoms with Gasteiger partial charge in [-0.25, -0.2) is 14.8 Å². The summed E-state index contributed by atoms with van der Waals surface area (Å²) < 4.78 is 8.25. The van der Waals surface area contributed by atoms with E-state index in [1.807, 2.05) is 32.0 Å². The number of hydrogen-bond donors (Lipinski definition) is 2. The Morgan fingerprint density at radius 2 is 1.85 bits per heavy atom. The molecule has 2 heterocycles. The van der Waals surface area contributed by atoms with Crippen LogP contribution in [0.25, 0.3) is 22.2 Å². The fourth-order valence-corrected chi connectivity index (χ4v) is 3.89. The second kappa shape index (κ2) is 8.94. The Morgan fingerprint density at radius 1 is 1.09 bits per heavy atom. The summed E-state index contributed by atoms with van der Waals surface area (Å²) in [6.07, 6.45) is 5.86. The maximum atomic E-state index is 12.0. The second-order valence-electron chi connectivity index (χ2n) is 8.77. The first-order valence-electron chi connectivity index (χ1n) is 11.3. The van der Waals surface area contributed by atoms with Gasteiger partial charge in [-0.05, 0) is 74.6 Å². The van der Waals surface area contributed by atoms with E-state index in [2.05, 4.69) is 55.5 Å². The number of ether oxygens (including phenoxy) is 1. The highest BCUT2D eigenvalue weighted by molar-refractivity contribution is 5.91. The van der Waals surface area contributed by atoms with Crippen molar-refractivity contribution >= 4 is 22.6 Å². The minimum absolute atomic E-state index is 0.0877. The van der Waals surface area contributed by atoms with Crippen LogP contribution in [0.15, 0.2) is 67.0 Å². The van der Waals surface area contributed by atoms with E-state index in [-0.39, 0.29) is 12.1 Å². The zero-order valence-corrected chi connectivity index (χ0v) is 18.8. The molecular weight excluding hydrogens is 414 g/mol. The van der Waals surface area contributed by atoms with Crippen LogP contribution in [-0.2, 0) is 6.54 Å². The number of urea groups is 1. The van der Waals surface area contributed by atoms with Gasteiger partial charge in [0.1, 0.15) is 5.75 Å². The number of hydrogen-bond acceptors (Lipinski definition) is 4. The van der Waals surface area contributed by atoms with Crippen molar-refractivity contribution in [2.75, 3.05) is 5.32 Å². The summed E-state index contributed by atoms with van der Waals surface area (Å²) in [7, 11) is 0. The van der Waals surface area contributed by atoms with Gasteiger partial charge in [-0.3, -0.25) is 0 Å². The molecule has 0 spiro atoms. The molecule has 0 radical (unpaired) electrons. The molecular formula is C26H27N5O2. The van der Waals surface area contributed by atoms with Crippen molar-refractivity contribution in [3.8, 4) is 23.0 Å². The first kappa shape index (κ1) is 21.0. The number of carbonyl (C=O) groups excluding carboxylic acids is 1. The molecule has 5 rings (SSSR count). The standard InChI is InChI=1S/C26H27N5O2/c1-17(2)29-25(32)30-21-9-6-19(7-10-21)23-14-20-8-11-22(33-26-27-12-3-13-28-26)15-24(20)31(23)16-18-4-5-18/h3,6-15,17-18H,4-5,16H2,1-2H3,(H2,29,30,32). The quantitative estimate of drug-likeness (QED) is 0.378. The molecule has 2 aromatic heterocycles. The SMILES string of the molecule is CC(C)NC(=O)Nc1ccc(-c2cc3ccc(Oc4ncccn4)cc3n2CC2CC2)cc1. The van der Waals surface area contributed by atoms with Crippen molar-refractivity contribution in [3.63, 3.8) is 0 Å². The lowest BCUT2D eigenvalue weighted by molar-refractivity contribution is 0.250. The van der Waals surface area contributed by atoms with E-state index in [1.165, 1.54) is 12.8 Å². The van der Waals surface area contributed by atoms with Crippen molar-refractivity contribution in [2.24, 2.45) is 5.92 Å². The predicted molar refractivity (Wildman–Crippen MR) is 129 cm³/mol. The van der Waals surface area contributed by atoms with Gasteiger partial charge in [-0.1, -0.05) is 12.1 Å². The van der Waals surface area contributed by atoms with Crippen LogP contribution in [-0.4, -0.2) is 26.6 Å². The molecule has 7 nitrogen and oxygen atoms in total. The van der Waals surface area contributed by atoms with Crippen LogP contribution in [0.4, 0.5) is 10.5 Å². The average Bonchev–Trinajstić information content (AvgIpc) is 3.55. The number of amides is 2. The van der Waals surface area contributed by atoms with E-state index in [1.54, 1.807) is 18.5 Å². The molecule has 0 bridgehead atoms. The molecule has 168 valence electrons. The summed E-state index contributed by atoms with van der Waals surface area (Å²) in [5.74, 6) is 1.42. The van der Waals surface area contributed by atoms with Crippen molar-refractivity contribution in [3.05, 3.63) is 67.0 Å². The lowest BCUT2D eigenvalue weighted by atomic mass is 10.1. The van der Waals surface area contributed by atoms with Gasteiger partial charge in [-0.15, -0.1) is 0 Å². The highest BCUT2D eigenvalue weighted by atomic mass is 16.5. The Kier molecular flexibility index (Phi) is 5.69. The van der Waals surface area contributed by atoms with Crippen molar-refractivity contribution in [1.82, 2.24) is 19.9 Å². The zero-order chi connectivity index (χ0) is 22.8. The Bertz CT molecular complexity index is 1260. The van der Waals surface area contributed by atoms with Crippen molar-refractivity contribution in [2.45, 2.75) is 39.3 Å². The maximum Gasteiger partial charge on any atom is 0.321 e. The molecule has 2 amide bonds. The van der Waals surface area contributed by atoms with Gasteiger partial charge in [0.25, 0.3) is 0 Å². The number of fused-ring (bicyclic) bond motifs is 1. The topological polar surface area (TPSA) is 81.1 Å². The molecule has 0 unspecified atom stereocenters. The Labute approximate surface area is 192 Å². The Morgan fingerprint density at radius 3 is 2.55 bits per heavy atom. The summed E-state index contributed by atoms with van der Waals surface area (Å²) >= 11 is 0. The van der Waals surface area contributed by atoms with Gasteiger partial charge in [0.2, 0.25) is 0 Å². The van der Waals surface area contributed by atoms with E-state index in [0.29, 0.717) is 17.7 Å². The summed E-state index contributed by atoms with van der Waals surface area (Å²) in [5.41, 5.74) is 4.16. The van der Waals surface area contributed by atoms with Crippen LogP contribution < -0.4 is 15.4 Å². The van der Waals surface area contributed by atoms with Gasteiger partial charge in [0, 0.05) is 47.8 Å². The van der Waals surface area contributed by atoms with Crippen LogP contribution in [0.5, 0.6) is 11.8 Å². The van der Waals surface area contributed by atoms with Crippen LogP contribution >= 0.6 is 0 Å². The molecule has 4 aromatic rings. The highest BCUT2D eigenvalue weighted by Gasteiger charge is 2.24. The second-order valence-corrected chi connectivity index (χ2v) is 8.77. The van der Waals surface area contributed by atoms with Gasteiger partial charge >= 0.3 is 12.0 Å². The molecule has 0 aliphatic heterocycles. The minimum Gasteiger partial charge on any atom is -0.424 e. The zero-order valence-electron chi connectivity index (χ0n) is 18.8. The van der Waals surface area contributed by atoms with E-state index in [0.717, 1.165) is 34.4 Å². The molecule has 33 heavy (non-hydrogen) atoms. The molecule has 2 N–H and O–H groups in total. The third kappa shape index (κ3) is 4.98. The molecule has 1 aliphatic carbocycles. The Balaban J connectivity index is 1.45. The van der Waals surface area contributed by atoms with E-state index < -0.39 is 0 Å². The minimum atomic E-state index is -0.199. The third-order valence-electron chi connectivity index (χ3n) is 5.62. The maximum absolute atomic E-state index is 12.0. The number of aromatic nitrogens is 3. The highest BCUT2D eigenvalue weighted by Crippen LogP contribution is 2.37. The number of anilines is 1. The first-order valence-corrected chi connectivity index (χ1v) is 11.3. The number of nitrogens with zero attached hydrogens (tertiary/aromatic N) is 3. The normalized spacial score (nSPS) is 13.3.